The summed E-state index contributed by atoms with van der Waals surface area (Å²) >= 11 is 1.37. The van der Waals surface area contributed by atoms with E-state index >= 15 is 0 Å². The van der Waals surface area contributed by atoms with E-state index in [0.717, 1.165) is 5.01 Å². The first-order valence-corrected chi connectivity index (χ1v) is 8.07. The summed E-state index contributed by atoms with van der Waals surface area (Å²) < 4.78 is 22.8. The number of anilines is 1. The third-order valence-electron chi connectivity index (χ3n) is 2.60. The summed E-state index contributed by atoms with van der Waals surface area (Å²) in [6, 6.07) is 4.53. The minimum atomic E-state index is -3.82. The van der Waals surface area contributed by atoms with Crippen LogP contribution in [0.1, 0.15) is 21.1 Å². The molecule has 106 valence electrons. The Morgan fingerprint density at radius 1 is 1.35 bits per heavy atom. The number of hydrogen-bond donors (Lipinski definition) is 2. The summed E-state index contributed by atoms with van der Waals surface area (Å²) in [5, 5.41) is 10.1. The minimum Gasteiger partial charge on any atom is -0.321 e. The van der Waals surface area contributed by atoms with E-state index < -0.39 is 15.9 Å². The second-order valence-electron chi connectivity index (χ2n) is 4.23. The molecule has 0 aliphatic carbocycles. The molecule has 0 saturated carbocycles. The number of amides is 1. The average Bonchev–Trinajstić information content (AvgIpc) is 2.77. The molecular weight excluding hydrogens is 298 g/mol. The number of hydrogen-bond acceptors (Lipinski definition) is 5. The van der Waals surface area contributed by atoms with Gasteiger partial charge in [0.25, 0.3) is 5.91 Å². The van der Waals surface area contributed by atoms with Gasteiger partial charge in [-0.25, -0.2) is 18.5 Å². The van der Waals surface area contributed by atoms with E-state index in [1.54, 1.807) is 31.4 Å². The van der Waals surface area contributed by atoms with Crippen LogP contribution in [-0.2, 0) is 10.0 Å². The van der Waals surface area contributed by atoms with E-state index in [4.69, 9.17) is 5.14 Å². The third-order valence-corrected chi connectivity index (χ3v) is 4.43. The zero-order valence-corrected chi connectivity index (χ0v) is 12.5. The number of carbonyl (C=O) groups is 1. The number of nitrogens with one attached hydrogen (secondary N) is 1. The van der Waals surface area contributed by atoms with Crippen molar-refractivity contribution in [3.8, 4) is 0 Å². The number of nitrogens with zero attached hydrogens (tertiary/aromatic N) is 1. The highest BCUT2D eigenvalue weighted by Gasteiger charge is 2.14. The Balaban J connectivity index is 2.29. The van der Waals surface area contributed by atoms with Crippen LogP contribution in [0.3, 0.4) is 0 Å². The lowest BCUT2D eigenvalue weighted by molar-refractivity contribution is 0.102. The maximum Gasteiger partial charge on any atom is 0.275 e. The fourth-order valence-corrected chi connectivity index (χ4v) is 3.05. The van der Waals surface area contributed by atoms with E-state index in [9.17, 15) is 13.2 Å². The number of carbonyl (C=O) groups excluding carboxylic acids is 1. The van der Waals surface area contributed by atoms with Crippen molar-refractivity contribution in [2.24, 2.45) is 5.14 Å². The number of thiazole rings is 1. The van der Waals surface area contributed by atoms with Crippen LogP contribution in [0, 0.1) is 13.8 Å². The summed E-state index contributed by atoms with van der Waals surface area (Å²) in [6.45, 7) is 3.43. The van der Waals surface area contributed by atoms with Crippen LogP contribution in [0.2, 0.25) is 0 Å². The standard InChI is InChI=1S/C12H13N3O3S2/c1-7-3-4-9(5-11(7)20(13,17)18)15-12(16)10-6-19-8(2)14-10/h3-6H,1-2H3,(H,15,16)(H2,13,17,18). The largest absolute Gasteiger partial charge is 0.321 e. The molecule has 0 aliphatic heterocycles. The number of aromatic nitrogens is 1. The Bertz CT molecular complexity index is 766. The SMILES string of the molecule is Cc1nc(C(=O)Nc2ccc(C)c(S(N)(=O)=O)c2)cs1. The quantitative estimate of drug-likeness (QED) is 0.899. The summed E-state index contributed by atoms with van der Waals surface area (Å²) in [6.07, 6.45) is 0. The first-order valence-electron chi connectivity index (χ1n) is 5.64. The Morgan fingerprint density at radius 3 is 2.60 bits per heavy atom. The van der Waals surface area contributed by atoms with Gasteiger partial charge in [-0.3, -0.25) is 4.79 Å². The Morgan fingerprint density at radius 2 is 2.05 bits per heavy atom. The first kappa shape index (κ1) is 14.6. The van der Waals surface area contributed by atoms with Crippen molar-refractivity contribution in [1.82, 2.24) is 4.98 Å². The van der Waals surface area contributed by atoms with Crippen LogP contribution >= 0.6 is 11.3 Å². The van der Waals surface area contributed by atoms with Crippen LogP contribution < -0.4 is 10.5 Å². The van der Waals surface area contributed by atoms with Crippen LogP contribution in [0.15, 0.2) is 28.5 Å². The van der Waals surface area contributed by atoms with Crippen molar-refractivity contribution in [2.75, 3.05) is 5.32 Å². The summed E-state index contributed by atoms with van der Waals surface area (Å²) in [5.41, 5.74) is 1.18. The number of aryl methyl sites for hydroxylation is 2. The summed E-state index contributed by atoms with van der Waals surface area (Å²) in [7, 11) is -3.82. The fourth-order valence-electron chi connectivity index (χ4n) is 1.65. The van der Waals surface area contributed by atoms with Gasteiger partial charge in [-0.15, -0.1) is 11.3 Å². The molecule has 1 aromatic heterocycles. The molecule has 0 spiro atoms. The molecule has 0 aliphatic rings. The molecule has 0 bridgehead atoms. The van der Waals surface area contributed by atoms with E-state index in [0.29, 0.717) is 16.9 Å². The Kier molecular flexibility index (Phi) is 3.89. The van der Waals surface area contributed by atoms with Crippen molar-refractivity contribution < 1.29 is 13.2 Å². The van der Waals surface area contributed by atoms with Crippen LogP contribution in [0.25, 0.3) is 0 Å². The highest BCUT2D eigenvalue weighted by Crippen LogP contribution is 2.19. The van der Waals surface area contributed by atoms with Crippen molar-refractivity contribution in [2.45, 2.75) is 18.7 Å². The van der Waals surface area contributed by atoms with E-state index in [1.165, 1.54) is 17.4 Å². The molecule has 8 heteroatoms. The van der Waals surface area contributed by atoms with Crippen molar-refractivity contribution in [3.05, 3.63) is 39.8 Å². The molecule has 6 nitrogen and oxygen atoms in total. The predicted octanol–water partition coefficient (Wildman–Crippen LogP) is 1.66. The Labute approximate surface area is 120 Å². The molecule has 2 rings (SSSR count). The molecular formula is C12H13N3O3S2. The van der Waals surface area contributed by atoms with Crippen molar-refractivity contribution >= 4 is 33.0 Å². The average molecular weight is 311 g/mol. The molecule has 2 aromatic rings. The van der Waals surface area contributed by atoms with Gasteiger partial charge in [-0.05, 0) is 31.5 Å². The number of primary sulfonamides is 1. The highest BCUT2D eigenvalue weighted by atomic mass is 32.2. The van der Waals surface area contributed by atoms with Gasteiger partial charge in [0.1, 0.15) is 5.69 Å². The summed E-state index contributed by atoms with van der Waals surface area (Å²) in [4.78, 5) is 16.0. The van der Waals surface area contributed by atoms with Crippen LogP contribution in [0.5, 0.6) is 0 Å². The second kappa shape index (κ2) is 5.31. The normalized spacial score (nSPS) is 11.3. The zero-order valence-electron chi connectivity index (χ0n) is 10.9. The molecule has 0 unspecified atom stereocenters. The zero-order chi connectivity index (χ0) is 14.9. The van der Waals surface area contributed by atoms with Gasteiger partial charge in [0.05, 0.1) is 9.90 Å². The number of sulfonamides is 1. The fraction of sp³-hybridized carbons (Fsp3) is 0.167. The molecule has 0 radical (unpaired) electrons. The summed E-state index contributed by atoms with van der Waals surface area (Å²) in [5.74, 6) is -0.390. The van der Waals surface area contributed by atoms with Gasteiger partial charge in [0.2, 0.25) is 10.0 Å². The first-order chi connectivity index (χ1) is 9.27. The highest BCUT2D eigenvalue weighted by molar-refractivity contribution is 7.89. The van der Waals surface area contributed by atoms with Crippen LogP contribution in [0.4, 0.5) is 5.69 Å². The number of rotatable bonds is 3. The Hall–Kier alpha value is -1.77. The topological polar surface area (TPSA) is 102 Å². The minimum absolute atomic E-state index is 0.00948. The molecule has 20 heavy (non-hydrogen) atoms. The van der Waals surface area contributed by atoms with Gasteiger partial charge in [-0.1, -0.05) is 6.07 Å². The monoisotopic (exact) mass is 311 g/mol. The van der Waals surface area contributed by atoms with Gasteiger partial charge in [0, 0.05) is 11.1 Å². The van der Waals surface area contributed by atoms with Gasteiger partial charge in [-0.2, -0.15) is 0 Å². The van der Waals surface area contributed by atoms with Crippen LogP contribution in [-0.4, -0.2) is 19.3 Å². The second-order valence-corrected chi connectivity index (χ2v) is 6.82. The molecule has 0 saturated heterocycles. The van der Waals surface area contributed by atoms with E-state index in [1.807, 2.05) is 0 Å². The molecule has 0 atom stereocenters. The lowest BCUT2D eigenvalue weighted by Gasteiger charge is -2.08. The lowest BCUT2D eigenvalue weighted by Crippen LogP contribution is -2.16. The molecule has 3 N–H and O–H groups in total. The third kappa shape index (κ3) is 3.21. The lowest BCUT2D eigenvalue weighted by atomic mass is 10.2. The van der Waals surface area contributed by atoms with Gasteiger partial charge >= 0.3 is 0 Å². The molecule has 1 aromatic carbocycles. The maximum absolute atomic E-state index is 11.9. The molecule has 0 fully saturated rings. The predicted molar refractivity (Wildman–Crippen MR) is 77.4 cm³/mol. The van der Waals surface area contributed by atoms with E-state index in [-0.39, 0.29) is 4.90 Å². The van der Waals surface area contributed by atoms with Gasteiger partial charge in [0.15, 0.2) is 0 Å². The number of benzene rings is 1. The van der Waals surface area contributed by atoms with Crippen molar-refractivity contribution in [1.29, 1.82) is 0 Å². The maximum atomic E-state index is 11.9. The van der Waals surface area contributed by atoms with Crippen molar-refractivity contribution in [3.63, 3.8) is 0 Å². The number of nitrogens with two attached hydrogens (primary N) is 1. The molecule has 1 heterocycles. The van der Waals surface area contributed by atoms with E-state index in [2.05, 4.69) is 10.3 Å². The molecule has 1 amide bonds. The van der Waals surface area contributed by atoms with Gasteiger partial charge < -0.3 is 5.32 Å². The smallest absolute Gasteiger partial charge is 0.275 e.